The van der Waals surface area contributed by atoms with Crippen LogP contribution in [-0.4, -0.2) is 36.2 Å². The summed E-state index contributed by atoms with van der Waals surface area (Å²) in [7, 11) is 0. The maximum Gasteiger partial charge on any atom is 0.217 e. The van der Waals surface area contributed by atoms with Gasteiger partial charge >= 0.3 is 0 Å². The summed E-state index contributed by atoms with van der Waals surface area (Å²) < 4.78 is 0.906. The molecule has 1 heterocycles. The smallest absolute Gasteiger partial charge is 0.217 e. The van der Waals surface area contributed by atoms with Crippen LogP contribution < -0.4 is 10.6 Å². The van der Waals surface area contributed by atoms with E-state index in [1.54, 1.807) is 6.92 Å². The fourth-order valence-electron chi connectivity index (χ4n) is 4.08. The summed E-state index contributed by atoms with van der Waals surface area (Å²) in [5.74, 6) is 0.0540. The number of allylic oxidation sites excluding steroid dienone is 1. The van der Waals surface area contributed by atoms with Crippen molar-refractivity contribution < 1.29 is 9.28 Å². The van der Waals surface area contributed by atoms with Gasteiger partial charge in [0.1, 0.15) is 12.7 Å². The van der Waals surface area contributed by atoms with E-state index in [2.05, 4.69) is 49.0 Å². The van der Waals surface area contributed by atoms with Crippen molar-refractivity contribution in [3.05, 3.63) is 24.6 Å². The van der Waals surface area contributed by atoms with Crippen molar-refractivity contribution in [3.8, 4) is 0 Å². The molecule has 0 aromatic heterocycles. The number of nitrogens with one attached hydrogen (secondary N) is 2. The highest BCUT2D eigenvalue weighted by Crippen LogP contribution is 2.21. The standard InChI is InChI=1S/C24H45N3O/c1-4-6-7-8-9-10-11-12-13-14-15-16-17-18-24-26-20-22-27(24,5-2)21-19-25-23(3)28/h16-17,20,22,24,26H,4-15,18-19,21H2,1-3H3/p+1/b17-16+. The minimum atomic E-state index is 0.0540. The lowest BCUT2D eigenvalue weighted by Gasteiger charge is -2.36. The molecular weight excluding hydrogens is 346 g/mol. The van der Waals surface area contributed by atoms with E-state index < -0.39 is 0 Å². The fraction of sp³-hybridized carbons (Fsp3) is 0.792. The molecule has 0 aromatic carbocycles. The Kier molecular flexibility index (Phi) is 13.8. The number of carbonyl (C=O) groups excluding carboxylic acids is 1. The number of carbonyl (C=O) groups is 1. The van der Waals surface area contributed by atoms with Crippen molar-refractivity contribution in [2.45, 2.75) is 104 Å². The number of hydrogen-bond donors (Lipinski definition) is 2. The number of likely N-dealkylation sites (N-methyl/N-ethyl adjacent to an activating group) is 1. The summed E-state index contributed by atoms with van der Waals surface area (Å²) in [6, 6.07) is 0. The van der Waals surface area contributed by atoms with Gasteiger partial charge in [-0.25, -0.2) is 0 Å². The Bertz CT molecular complexity index is 461. The molecular formula is C24H46N3O+. The van der Waals surface area contributed by atoms with Crippen molar-refractivity contribution in [2.24, 2.45) is 0 Å². The maximum atomic E-state index is 11.1. The highest BCUT2D eigenvalue weighted by atomic mass is 16.1. The zero-order valence-corrected chi connectivity index (χ0v) is 18.8. The van der Waals surface area contributed by atoms with Gasteiger partial charge in [-0.3, -0.25) is 9.28 Å². The molecule has 162 valence electrons. The molecule has 0 spiro atoms. The number of rotatable bonds is 17. The summed E-state index contributed by atoms with van der Waals surface area (Å²) in [5, 5.41) is 6.44. The third-order valence-electron chi connectivity index (χ3n) is 6.02. The molecule has 0 bridgehead atoms. The van der Waals surface area contributed by atoms with E-state index >= 15 is 0 Å². The molecule has 28 heavy (non-hydrogen) atoms. The quantitative estimate of drug-likeness (QED) is 0.192. The normalized spacial score (nSPS) is 21.3. The van der Waals surface area contributed by atoms with Gasteiger partial charge in [0.05, 0.1) is 19.3 Å². The number of hydrogen-bond acceptors (Lipinski definition) is 2. The zero-order valence-electron chi connectivity index (χ0n) is 18.8. The Morgan fingerprint density at radius 2 is 1.64 bits per heavy atom. The van der Waals surface area contributed by atoms with Gasteiger partial charge in [0, 0.05) is 13.3 Å². The van der Waals surface area contributed by atoms with Crippen molar-refractivity contribution in [3.63, 3.8) is 0 Å². The van der Waals surface area contributed by atoms with Crippen LogP contribution in [0.2, 0.25) is 0 Å². The van der Waals surface area contributed by atoms with Crippen LogP contribution in [0.5, 0.6) is 0 Å². The largest absolute Gasteiger partial charge is 0.351 e. The van der Waals surface area contributed by atoms with Gasteiger partial charge in [0.25, 0.3) is 0 Å². The van der Waals surface area contributed by atoms with Crippen LogP contribution >= 0.6 is 0 Å². The highest BCUT2D eigenvalue weighted by Gasteiger charge is 2.35. The monoisotopic (exact) mass is 392 g/mol. The Morgan fingerprint density at radius 3 is 2.25 bits per heavy atom. The second kappa shape index (κ2) is 15.6. The Morgan fingerprint density at radius 1 is 1.00 bits per heavy atom. The first-order chi connectivity index (χ1) is 13.6. The van der Waals surface area contributed by atoms with Gasteiger partial charge in [-0.1, -0.05) is 76.9 Å². The zero-order chi connectivity index (χ0) is 20.5. The minimum Gasteiger partial charge on any atom is -0.351 e. The third-order valence-corrected chi connectivity index (χ3v) is 6.02. The maximum absolute atomic E-state index is 11.1. The van der Waals surface area contributed by atoms with Gasteiger partial charge in [0.15, 0.2) is 6.17 Å². The Balaban J connectivity index is 2.10. The summed E-state index contributed by atoms with van der Waals surface area (Å²) in [5.41, 5.74) is 0. The van der Waals surface area contributed by atoms with Crippen molar-refractivity contribution in [1.82, 2.24) is 10.6 Å². The van der Waals surface area contributed by atoms with Crippen molar-refractivity contribution >= 4 is 5.91 Å². The molecule has 2 unspecified atom stereocenters. The highest BCUT2D eigenvalue weighted by molar-refractivity contribution is 5.72. The second-order valence-corrected chi connectivity index (χ2v) is 8.30. The van der Waals surface area contributed by atoms with Crippen LogP contribution in [0.4, 0.5) is 0 Å². The first-order valence-electron chi connectivity index (χ1n) is 11.8. The fourth-order valence-corrected chi connectivity index (χ4v) is 4.08. The minimum absolute atomic E-state index is 0.0540. The predicted molar refractivity (Wildman–Crippen MR) is 121 cm³/mol. The van der Waals surface area contributed by atoms with E-state index in [4.69, 9.17) is 0 Å². The SMILES string of the molecule is CCCCCCCCCCCC/C=C/CC1NC=C[N+]1(CC)CCNC(C)=O. The van der Waals surface area contributed by atoms with E-state index in [1.807, 2.05) is 0 Å². The summed E-state index contributed by atoms with van der Waals surface area (Å²) >= 11 is 0. The van der Waals surface area contributed by atoms with Gasteiger partial charge in [-0.2, -0.15) is 0 Å². The molecule has 0 aromatic rings. The van der Waals surface area contributed by atoms with Crippen molar-refractivity contribution in [1.29, 1.82) is 0 Å². The van der Waals surface area contributed by atoms with Gasteiger partial charge in [0.2, 0.25) is 5.91 Å². The molecule has 2 N–H and O–H groups in total. The van der Waals surface area contributed by atoms with E-state index in [9.17, 15) is 4.79 Å². The van der Waals surface area contributed by atoms with E-state index in [0.29, 0.717) is 6.17 Å². The predicted octanol–water partition coefficient (Wildman–Crippen LogP) is 5.62. The van der Waals surface area contributed by atoms with Crippen LogP contribution in [0.1, 0.15) is 97.8 Å². The number of nitrogens with zero attached hydrogens (tertiary/aromatic N) is 1. The van der Waals surface area contributed by atoms with Crippen LogP contribution in [-0.2, 0) is 4.79 Å². The molecule has 0 radical (unpaired) electrons. The Labute approximate surface area is 174 Å². The lowest BCUT2D eigenvalue weighted by Crippen LogP contribution is -2.55. The van der Waals surface area contributed by atoms with E-state index in [0.717, 1.165) is 30.5 Å². The first-order valence-corrected chi connectivity index (χ1v) is 11.8. The molecule has 1 amide bonds. The number of quaternary nitrogens is 1. The van der Waals surface area contributed by atoms with Crippen LogP contribution in [0, 0.1) is 0 Å². The third kappa shape index (κ3) is 10.3. The van der Waals surface area contributed by atoms with Gasteiger partial charge in [-0.05, 0) is 19.8 Å². The molecule has 0 aliphatic carbocycles. The van der Waals surface area contributed by atoms with Gasteiger partial charge < -0.3 is 10.6 Å². The lowest BCUT2D eigenvalue weighted by atomic mass is 10.1. The first kappa shape index (κ1) is 24.7. The van der Waals surface area contributed by atoms with E-state index in [1.165, 1.54) is 70.6 Å². The Hall–Kier alpha value is -1.29. The molecule has 1 aliphatic heterocycles. The lowest BCUT2D eigenvalue weighted by molar-refractivity contribution is -0.897. The molecule has 2 atom stereocenters. The average Bonchev–Trinajstić information content (AvgIpc) is 3.08. The summed E-state index contributed by atoms with van der Waals surface area (Å²) in [6.07, 6.45) is 25.7. The molecule has 0 saturated heterocycles. The van der Waals surface area contributed by atoms with Crippen LogP contribution in [0.15, 0.2) is 24.6 Å². The van der Waals surface area contributed by atoms with Crippen molar-refractivity contribution in [2.75, 3.05) is 19.6 Å². The molecule has 4 heteroatoms. The van der Waals surface area contributed by atoms with Crippen LogP contribution in [0.3, 0.4) is 0 Å². The number of unbranched alkanes of at least 4 members (excludes halogenated alkanes) is 10. The molecule has 0 saturated carbocycles. The molecule has 4 nitrogen and oxygen atoms in total. The number of amides is 1. The van der Waals surface area contributed by atoms with Gasteiger partial charge in [-0.15, -0.1) is 0 Å². The van der Waals surface area contributed by atoms with Crippen LogP contribution in [0.25, 0.3) is 0 Å². The topological polar surface area (TPSA) is 41.1 Å². The molecule has 1 rings (SSSR count). The van der Waals surface area contributed by atoms with E-state index in [-0.39, 0.29) is 5.91 Å². The molecule has 0 fully saturated rings. The summed E-state index contributed by atoms with van der Waals surface area (Å²) in [4.78, 5) is 11.1. The summed E-state index contributed by atoms with van der Waals surface area (Å²) in [6.45, 7) is 8.81. The second-order valence-electron chi connectivity index (χ2n) is 8.30. The average molecular weight is 393 g/mol. The molecule has 1 aliphatic rings.